The zero-order valence-electron chi connectivity index (χ0n) is 17.3. The van der Waals surface area contributed by atoms with Crippen LogP contribution in [0, 0.1) is 11.6 Å². The summed E-state index contributed by atoms with van der Waals surface area (Å²) < 4.78 is 34.3. The SMILES string of the molecule is COc1ccc2c(c1)CCN(C(=O)O)[C@H]2C(=O)Nc1cc(F)c([Si](C)(C)C)c(F)c1. The number of fused-ring (bicyclic) bond motifs is 1. The highest BCUT2D eigenvalue weighted by molar-refractivity contribution is 6.88. The first kappa shape index (κ1) is 21.8. The molecule has 0 bridgehead atoms. The third kappa shape index (κ3) is 4.16. The van der Waals surface area contributed by atoms with E-state index in [1.807, 2.05) is 19.6 Å². The van der Waals surface area contributed by atoms with Crippen molar-refractivity contribution in [2.24, 2.45) is 0 Å². The summed E-state index contributed by atoms with van der Waals surface area (Å²) in [4.78, 5) is 25.8. The van der Waals surface area contributed by atoms with Crippen molar-refractivity contribution < 1.29 is 28.2 Å². The maximum Gasteiger partial charge on any atom is 0.408 e. The molecule has 0 aliphatic carbocycles. The van der Waals surface area contributed by atoms with Crippen molar-refractivity contribution >= 4 is 30.9 Å². The number of methoxy groups -OCH3 is 1. The fourth-order valence-electron chi connectivity index (χ4n) is 3.79. The molecule has 0 saturated heterocycles. The van der Waals surface area contributed by atoms with Crippen LogP contribution in [-0.2, 0) is 11.2 Å². The van der Waals surface area contributed by atoms with Gasteiger partial charge >= 0.3 is 6.09 Å². The summed E-state index contributed by atoms with van der Waals surface area (Å²) in [6.07, 6.45) is -0.820. The molecule has 2 N–H and O–H groups in total. The van der Waals surface area contributed by atoms with Gasteiger partial charge in [-0.05, 0) is 41.8 Å². The third-order valence-electron chi connectivity index (χ3n) is 5.13. The maximum absolute atomic E-state index is 14.6. The molecule has 1 heterocycles. The number of ether oxygens (including phenoxy) is 1. The highest BCUT2D eigenvalue weighted by atomic mass is 28.3. The van der Waals surface area contributed by atoms with Gasteiger partial charge in [-0.1, -0.05) is 25.7 Å². The van der Waals surface area contributed by atoms with E-state index in [1.165, 1.54) is 7.11 Å². The number of carboxylic acid groups (broad SMARTS) is 1. The number of nitrogens with zero attached hydrogens (tertiary/aromatic N) is 1. The van der Waals surface area contributed by atoms with E-state index in [4.69, 9.17) is 4.74 Å². The highest BCUT2D eigenvalue weighted by Gasteiger charge is 2.36. The van der Waals surface area contributed by atoms with Gasteiger partial charge in [0.15, 0.2) is 0 Å². The fourth-order valence-corrected chi connectivity index (χ4v) is 5.37. The van der Waals surface area contributed by atoms with E-state index in [-0.39, 0.29) is 17.4 Å². The molecule has 6 nitrogen and oxygen atoms in total. The quantitative estimate of drug-likeness (QED) is 0.719. The zero-order chi connectivity index (χ0) is 22.2. The molecule has 2 amide bonds. The van der Waals surface area contributed by atoms with E-state index in [0.29, 0.717) is 17.7 Å². The summed E-state index contributed by atoms with van der Waals surface area (Å²) in [5, 5.41) is 12.1. The molecule has 0 aromatic heterocycles. The number of amides is 2. The van der Waals surface area contributed by atoms with Gasteiger partial charge in [-0.25, -0.2) is 13.6 Å². The number of rotatable bonds is 4. The van der Waals surface area contributed by atoms with Gasteiger partial charge in [0.1, 0.15) is 23.4 Å². The molecule has 30 heavy (non-hydrogen) atoms. The minimum atomic E-state index is -2.26. The van der Waals surface area contributed by atoms with Gasteiger partial charge in [0.05, 0.1) is 15.2 Å². The van der Waals surface area contributed by atoms with E-state index in [2.05, 4.69) is 5.32 Å². The van der Waals surface area contributed by atoms with Crippen LogP contribution < -0.4 is 15.2 Å². The Morgan fingerprint density at radius 2 is 1.80 bits per heavy atom. The molecule has 1 aliphatic heterocycles. The Bertz CT molecular complexity index is 984. The lowest BCUT2D eigenvalue weighted by molar-refractivity contribution is -0.121. The second-order valence-electron chi connectivity index (χ2n) is 8.25. The van der Waals surface area contributed by atoms with Crippen LogP contribution in [0.4, 0.5) is 19.3 Å². The Hall–Kier alpha value is -2.94. The maximum atomic E-state index is 14.6. The highest BCUT2D eigenvalue weighted by Crippen LogP contribution is 2.33. The summed E-state index contributed by atoms with van der Waals surface area (Å²) in [5.74, 6) is -1.51. The van der Waals surface area contributed by atoms with E-state index in [9.17, 15) is 23.5 Å². The molecular formula is C21H24F2N2O4Si. The van der Waals surface area contributed by atoms with Gasteiger partial charge in [-0.2, -0.15) is 0 Å². The molecule has 1 atom stereocenters. The predicted molar refractivity (Wildman–Crippen MR) is 112 cm³/mol. The van der Waals surface area contributed by atoms with Crippen molar-refractivity contribution in [2.45, 2.75) is 32.1 Å². The molecule has 160 valence electrons. The Morgan fingerprint density at radius 1 is 1.17 bits per heavy atom. The number of hydrogen-bond donors (Lipinski definition) is 2. The number of anilines is 1. The van der Waals surface area contributed by atoms with Crippen LogP contribution in [-0.4, -0.2) is 43.7 Å². The Morgan fingerprint density at radius 3 is 2.33 bits per heavy atom. The van der Waals surface area contributed by atoms with Crippen molar-refractivity contribution in [2.75, 3.05) is 19.0 Å². The van der Waals surface area contributed by atoms with Crippen LogP contribution in [0.5, 0.6) is 5.75 Å². The second-order valence-corrected chi connectivity index (χ2v) is 13.2. The van der Waals surface area contributed by atoms with Gasteiger partial charge in [0.2, 0.25) is 0 Å². The number of hydrogen-bond acceptors (Lipinski definition) is 3. The van der Waals surface area contributed by atoms with Gasteiger partial charge in [0, 0.05) is 17.4 Å². The third-order valence-corrected chi connectivity index (χ3v) is 7.11. The normalized spacial score (nSPS) is 16.1. The lowest BCUT2D eigenvalue weighted by Crippen LogP contribution is -2.45. The van der Waals surface area contributed by atoms with Crippen LogP contribution in [0.2, 0.25) is 19.6 Å². The summed E-state index contributed by atoms with van der Waals surface area (Å²) in [5.41, 5.74) is 1.25. The first-order chi connectivity index (χ1) is 14.0. The van der Waals surface area contributed by atoms with Crippen LogP contribution in [0.3, 0.4) is 0 Å². The minimum Gasteiger partial charge on any atom is -0.497 e. The topological polar surface area (TPSA) is 78.9 Å². The predicted octanol–water partition coefficient (Wildman–Crippen LogP) is 3.73. The Kier molecular flexibility index (Phi) is 5.84. The van der Waals surface area contributed by atoms with Crippen molar-refractivity contribution in [3.63, 3.8) is 0 Å². The van der Waals surface area contributed by atoms with Crippen LogP contribution >= 0.6 is 0 Å². The minimum absolute atomic E-state index is 0.0528. The van der Waals surface area contributed by atoms with E-state index >= 15 is 0 Å². The van der Waals surface area contributed by atoms with Gasteiger partial charge < -0.3 is 15.2 Å². The molecule has 0 saturated carbocycles. The smallest absolute Gasteiger partial charge is 0.408 e. The summed E-state index contributed by atoms with van der Waals surface area (Å²) in [6.45, 7) is 5.59. The van der Waals surface area contributed by atoms with E-state index < -0.39 is 37.8 Å². The molecule has 9 heteroatoms. The average molecular weight is 435 g/mol. The molecule has 1 aliphatic rings. The van der Waals surface area contributed by atoms with Crippen molar-refractivity contribution in [1.82, 2.24) is 4.90 Å². The molecule has 0 radical (unpaired) electrons. The number of carbonyl (C=O) groups is 2. The number of halogens is 2. The lowest BCUT2D eigenvalue weighted by Gasteiger charge is -2.34. The fraction of sp³-hybridized carbons (Fsp3) is 0.333. The van der Waals surface area contributed by atoms with Crippen molar-refractivity contribution in [3.05, 3.63) is 53.1 Å². The van der Waals surface area contributed by atoms with Crippen LogP contribution in [0.1, 0.15) is 17.2 Å². The number of benzene rings is 2. The van der Waals surface area contributed by atoms with Crippen molar-refractivity contribution in [1.29, 1.82) is 0 Å². The monoisotopic (exact) mass is 434 g/mol. The van der Waals surface area contributed by atoms with E-state index in [1.54, 1.807) is 18.2 Å². The van der Waals surface area contributed by atoms with Gasteiger partial charge in [-0.3, -0.25) is 9.69 Å². The zero-order valence-corrected chi connectivity index (χ0v) is 18.3. The van der Waals surface area contributed by atoms with Gasteiger partial charge in [0.25, 0.3) is 5.91 Å². The van der Waals surface area contributed by atoms with E-state index in [0.717, 1.165) is 22.6 Å². The Balaban J connectivity index is 1.96. The summed E-state index contributed by atoms with van der Waals surface area (Å²) in [6, 6.07) is 6.07. The molecule has 0 fully saturated rings. The number of nitrogens with one attached hydrogen (secondary N) is 1. The molecule has 2 aromatic carbocycles. The van der Waals surface area contributed by atoms with Crippen LogP contribution in [0.25, 0.3) is 0 Å². The standard InChI is InChI=1S/C21H24F2N2O4Si/c1-29-14-5-6-15-12(9-14)7-8-25(21(27)28)18(15)20(26)24-13-10-16(22)19(17(23)11-13)30(2,3)4/h5-6,9-11,18H,7-8H2,1-4H3,(H,24,26)(H,27,28)/t18-/m1/s1. The molecule has 3 rings (SSSR count). The van der Waals surface area contributed by atoms with Crippen LogP contribution in [0.15, 0.2) is 30.3 Å². The molecule has 0 spiro atoms. The second kappa shape index (κ2) is 8.06. The molecular weight excluding hydrogens is 410 g/mol. The Labute approximate surface area is 174 Å². The molecule has 2 aromatic rings. The first-order valence-electron chi connectivity index (χ1n) is 9.49. The summed E-state index contributed by atoms with van der Waals surface area (Å²) >= 11 is 0. The first-order valence-corrected chi connectivity index (χ1v) is 13.0. The van der Waals surface area contributed by atoms with Gasteiger partial charge in [-0.15, -0.1) is 0 Å². The van der Waals surface area contributed by atoms with Crippen molar-refractivity contribution in [3.8, 4) is 5.75 Å². The molecule has 0 unspecified atom stereocenters. The largest absolute Gasteiger partial charge is 0.497 e. The average Bonchev–Trinajstić information content (AvgIpc) is 2.64. The summed E-state index contributed by atoms with van der Waals surface area (Å²) in [7, 11) is -0.741. The lowest BCUT2D eigenvalue weighted by atomic mass is 9.92. The number of carbonyl (C=O) groups excluding carboxylic acids is 1.